The molecule has 0 unspecified atom stereocenters. The summed E-state index contributed by atoms with van der Waals surface area (Å²) in [5, 5.41) is 22.7. The molecule has 0 spiro atoms. The fourth-order valence-electron chi connectivity index (χ4n) is 0. The third-order valence-electron chi connectivity index (χ3n) is 0. The molecule has 0 radical (unpaired) electrons. The van der Waals surface area contributed by atoms with Crippen LogP contribution >= 0.6 is 0 Å². The molecule has 0 aliphatic carbocycles. The van der Waals surface area contributed by atoms with Crippen LogP contribution in [0.3, 0.4) is 0 Å². The number of hydrogen-bond acceptors (Lipinski definition) is 3. The average molecular weight is 202 g/mol. The summed E-state index contributed by atoms with van der Waals surface area (Å²) < 4.78 is 0. The SMILES string of the molecule is CCO.CCO.CCO.[AlH3].[HH].[LiH].[LiH].[LiH].[LiH]. The van der Waals surface area contributed by atoms with Crippen LogP contribution in [-0.2, 0) is 0 Å². The number of aliphatic hydroxyl groups excluding tert-OH is 3. The van der Waals surface area contributed by atoms with E-state index in [2.05, 4.69) is 0 Å². The Morgan fingerprint density at radius 2 is 0.643 bits per heavy atom. The van der Waals surface area contributed by atoms with Crippen LogP contribution < -0.4 is 0 Å². The molecule has 8 heteroatoms. The number of rotatable bonds is 0. The molecule has 76 valence electrons. The molecule has 0 saturated carbocycles. The third kappa shape index (κ3) is 359. The fraction of sp³-hybridized carbons (Fsp3) is 1.00. The molecule has 0 aromatic heterocycles. The van der Waals surface area contributed by atoms with Crippen molar-refractivity contribution >= 4 is 92.8 Å². The Bertz CT molecular complexity index is 35.1. The van der Waals surface area contributed by atoms with Gasteiger partial charge in [0.1, 0.15) is 0 Å². The summed E-state index contributed by atoms with van der Waals surface area (Å²) in [6.45, 7) is 5.79. The standard InChI is InChI=1S/3C2H6O.Al.4Li.H2.7H/c3*1-2-3;;;;;;;;;;;;;/h3*3H,2H2,1H3;;;;;;1H;;;;;;;. The first-order chi connectivity index (χ1) is 4.24. The van der Waals surface area contributed by atoms with Gasteiger partial charge in [-0.25, -0.2) is 0 Å². The predicted octanol–water partition coefficient (Wildman–Crippen LogP) is -3.54. The summed E-state index contributed by atoms with van der Waals surface area (Å²) in [5.74, 6) is 0. The summed E-state index contributed by atoms with van der Waals surface area (Å²) >= 11 is 0. The van der Waals surface area contributed by atoms with Crippen molar-refractivity contribution in [2.24, 2.45) is 0 Å². The zero-order valence-corrected chi connectivity index (χ0v) is 6.46. The minimum atomic E-state index is 0. The maximum atomic E-state index is 7.57. The van der Waals surface area contributed by atoms with Crippen molar-refractivity contribution < 1.29 is 16.7 Å². The van der Waals surface area contributed by atoms with Gasteiger partial charge in [0.15, 0.2) is 17.4 Å². The molecular formula is C6H27AlLi4O3. The van der Waals surface area contributed by atoms with E-state index in [4.69, 9.17) is 15.3 Å². The van der Waals surface area contributed by atoms with Crippen LogP contribution in [0.4, 0.5) is 0 Å². The van der Waals surface area contributed by atoms with Crippen LogP contribution in [-0.4, -0.2) is 128 Å². The Morgan fingerprint density at radius 1 is 0.643 bits per heavy atom. The van der Waals surface area contributed by atoms with Gasteiger partial charge in [0.05, 0.1) is 0 Å². The van der Waals surface area contributed by atoms with Gasteiger partial charge in [-0.1, -0.05) is 0 Å². The van der Waals surface area contributed by atoms with Gasteiger partial charge in [0.2, 0.25) is 0 Å². The van der Waals surface area contributed by atoms with E-state index in [9.17, 15) is 0 Å². The summed E-state index contributed by atoms with van der Waals surface area (Å²) in [5.41, 5.74) is 0. The van der Waals surface area contributed by atoms with Crippen molar-refractivity contribution in [2.45, 2.75) is 20.8 Å². The monoisotopic (exact) mass is 202 g/mol. The molecule has 3 nitrogen and oxygen atoms in total. The molecule has 14 heavy (non-hydrogen) atoms. The van der Waals surface area contributed by atoms with Crippen molar-refractivity contribution in [3.8, 4) is 0 Å². The Morgan fingerprint density at radius 3 is 0.643 bits per heavy atom. The maximum absolute atomic E-state index is 7.57. The molecule has 0 heterocycles. The molecule has 0 bridgehead atoms. The van der Waals surface area contributed by atoms with Gasteiger partial charge in [-0.2, -0.15) is 0 Å². The van der Waals surface area contributed by atoms with E-state index < -0.39 is 0 Å². The molecule has 0 saturated heterocycles. The molecule has 0 fully saturated rings. The second kappa shape index (κ2) is 103. The molecular weight excluding hydrogens is 175 g/mol. The van der Waals surface area contributed by atoms with Gasteiger partial charge in [0.25, 0.3) is 0 Å². The Kier molecular flexibility index (Phi) is 398. The molecule has 0 aromatic rings. The van der Waals surface area contributed by atoms with E-state index in [1.54, 1.807) is 20.8 Å². The number of hydrogen-bond donors (Lipinski definition) is 3. The normalized spacial score (nSPS) is 3.86. The minimum absolute atomic E-state index is 0. The zero-order valence-electron chi connectivity index (χ0n) is 6.46. The second-order valence-corrected chi connectivity index (χ2v) is 0.949. The van der Waals surface area contributed by atoms with Crippen molar-refractivity contribution in [3.63, 3.8) is 0 Å². The first-order valence-electron chi connectivity index (χ1n) is 3.07. The van der Waals surface area contributed by atoms with E-state index in [1.807, 2.05) is 0 Å². The van der Waals surface area contributed by atoms with Crippen molar-refractivity contribution in [1.29, 1.82) is 0 Å². The topological polar surface area (TPSA) is 60.7 Å². The molecule has 0 aliphatic rings. The van der Waals surface area contributed by atoms with Crippen molar-refractivity contribution in [3.05, 3.63) is 0 Å². The Balaban J connectivity index is -0.00000000429. The quantitative estimate of drug-likeness (QED) is 0.356. The average Bonchev–Trinajstić information content (AvgIpc) is 1.70. The van der Waals surface area contributed by atoms with Gasteiger partial charge < -0.3 is 15.3 Å². The van der Waals surface area contributed by atoms with E-state index in [1.165, 1.54) is 0 Å². The van der Waals surface area contributed by atoms with Gasteiger partial charge in [-0.05, 0) is 20.8 Å². The van der Waals surface area contributed by atoms with Gasteiger partial charge in [0, 0.05) is 21.2 Å². The van der Waals surface area contributed by atoms with Gasteiger partial charge in [-0.15, -0.1) is 0 Å². The van der Waals surface area contributed by atoms with Crippen LogP contribution in [0.15, 0.2) is 0 Å². The van der Waals surface area contributed by atoms with Crippen molar-refractivity contribution in [2.75, 3.05) is 19.8 Å². The van der Waals surface area contributed by atoms with Crippen LogP contribution in [0.5, 0.6) is 0 Å². The summed E-state index contributed by atoms with van der Waals surface area (Å²) in [7, 11) is 0. The molecule has 0 atom stereocenters. The van der Waals surface area contributed by atoms with Gasteiger partial charge >= 0.3 is 75.4 Å². The van der Waals surface area contributed by atoms with Crippen molar-refractivity contribution in [1.82, 2.24) is 0 Å². The van der Waals surface area contributed by atoms with E-state index in [0.29, 0.717) is 0 Å². The Hall–Kier alpha value is 2.80. The molecule has 0 rings (SSSR count). The summed E-state index contributed by atoms with van der Waals surface area (Å²) in [6, 6.07) is 0. The van der Waals surface area contributed by atoms with E-state index in [-0.39, 0.29) is 114 Å². The van der Waals surface area contributed by atoms with E-state index >= 15 is 0 Å². The molecule has 0 aliphatic heterocycles. The summed E-state index contributed by atoms with van der Waals surface area (Å²) in [4.78, 5) is 0. The van der Waals surface area contributed by atoms with Crippen LogP contribution in [0.25, 0.3) is 0 Å². The third-order valence-corrected chi connectivity index (χ3v) is 0. The first-order valence-corrected chi connectivity index (χ1v) is 3.07. The summed E-state index contributed by atoms with van der Waals surface area (Å²) in [6.07, 6.45) is 0. The Labute approximate surface area is 149 Å². The van der Waals surface area contributed by atoms with Crippen LogP contribution in [0.1, 0.15) is 22.2 Å². The fourth-order valence-corrected chi connectivity index (χ4v) is 0. The van der Waals surface area contributed by atoms with Crippen LogP contribution in [0.2, 0.25) is 0 Å². The first kappa shape index (κ1) is 54.2. The van der Waals surface area contributed by atoms with Gasteiger partial charge in [-0.3, -0.25) is 0 Å². The predicted molar refractivity (Wildman–Crippen MR) is 78.9 cm³/mol. The molecule has 0 aromatic carbocycles. The zero-order chi connectivity index (χ0) is 8.12. The number of aliphatic hydroxyl groups is 3. The molecule has 3 N–H and O–H groups in total. The second-order valence-electron chi connectivity index (χ2n) is 0.949. The van der Waals surface area contributed by atoms with Crippen LogP contribution in [0, 0.1) is 0 Å². The molecule has 0 amide bonds. The van der Waals surface area contributed by atoms with E-state index in [0.717, 1.165) is 0 Å².